The average molecular weight is 418 g/mol. The van der Waals surface area contributed by atoms with Crippen molar-refractivity contribution in [3.05, 3.63) is 83.4 Å². The van der Waals surface area contributed by atoms with Crippen molar-refractivity contribution in [2.24, 2.45) is 0 Å². The lowest BCUT2D eigenvalue weighted by Gasteiger charge is -2.17. The number of ketones is 1. The van der Waals surface area contributed by atoms with Crippen LogP contribution < -0.4 is 18.9 Å². The molecule has 1 atom stereocenters. The Morgan fingerprint density at radius 2 is 1.32 bits per heavy atom. The first-order chi connectivity index (χ1) is 15.0. The number of hydrogen-bond donors (Lipinski definition) is 0. The summed E-state index contributed by atoms with van der Waals surface area (Å²) in [7, 11) is 4.55. The Morgan fingerprint density at radius 3 is 1.84 bits per heavy atom. The minimum Gasteiger partial charge on any atom is -0.493 e. The van der Waals surface area contributed by atoms with E-state index in [1.165, 1.54) is 21.3 Å². The minimum atomic E-state index is -0.687. The molecule has 0 amide bonds. The third-order valence-electron chi connectivity index (χ3n) is 4.78. The largest absolute Gasteiger partial charge is 0.493 e. The van der Waals surface area contributed by atoms with E-state index in [4.69, 9.17) is 18.9 Å². The summed E-state index contributed by atoms with van der Waals surface area (Å²) in [6.45, 7) is 1.72. The van der Waals surface area contributed by atoms with Gasteiger partial charge in [0.2, 0.25) is 11.5 Å². The SMILES string of the molecule is COc1cc(C(=O)[C@H](C)Oc2ccc(/C=C/c3ccccc3)cc2)cc(OC)c1OC. The highest BCUT2D eigenvalue weighted by Gasteiger charge is 2.22. The zero-order valence-electron chi connectivity index (χ0n) is 18.1. The number of ether oxygens (including phenoxy) is 4. The van der Waals surface area contributed by atoms with Crippen molar-refractivity contribution >= 4 is 17.9 Å². The molecule has 0 heterocycles. The Morgan fingerprint density at radius 1 is 0.774 bits per heavy atom. The zero-order valence-corrected chi connectivity index (χ0v) is 18.1. The van der Waals surface area contributed by atoms with E-state index in [0.29, 0.717) is 28.6 Å². The van der Waals surface area contributed by atoms with Crippen molar-refractivity contribution in [3.8, 4) is 23.0 Å². The molecule has 160 valence electrons. The van der Waals surface area contributed by atoms with E-state index in [9.17, 15) is 4.79 Å². The minimum absolute atomic E-state index is 0.188. The maximum Gasteiger partial charge on any atom is 0.203 e. The van der Waals surface area contributed by atoms with Crippen molar-refractivity contribution in [2.45, 2.75) is 13.0 Å². The quantitative estimate of drug-likeness (QED) is 0.338. The Hall–Kier alpha value is -3.73. The molecule has 0 bridgehead atoms. The monoisotopic (exact) mass is 418 g/mol. The number of rotatable bonds is 9. The smallest absolute Gasteiger partial charge is 0.203 e. The van der Waals surface area contributed by atoms with Crippen molar-refractivity contribution in [3.63, 3.8) is 0 Å². The lowest BCUT2D eigenvalue weighted by Crippen LogP contribution is -2.24. The highest BCUT2D eigenvalue weighted by Crippen LogP contribution is 2.38. The molecule has 0 saturated heterocycles. The van der Waals surface area contributed by atoms with Gasteiger partial charge in [-0.2, -0.15) is 0 Å². The van der Waals surface area contributed by atoms with Crippen molar-refractivity contribution < 1.29 is 23.7 Å². The lowest BCUT2D eigenvalue weighted by molar-refractivity contribution is 0.0817. The van der Waals surface area contributed by atoms with Crippen LogP contribution in [0, 0.1) is 0 Å². The van der Waals surface area contributed by atoms with Gasteiger partial charge in [-0.1, -0.05) is 54.6 Å². The Bertz CT molecular complexity index is 1010. The first-order valence-electron chi connectivity index (χ1n) is 9.89. The van der Waals surface area contributed by atoms with Crippen LogP contribution in [0.5, 0.6) is 23.0 Å². The van der Waals surface area contributed by atoms with E-state index < -0.39 is 6.10 Å². The van der Waals surface area contributed by atoms with Gasteiger partial charge in [0, 0.05) is 5.56 Å². The van der Waals surface area contributed by atoms with Gasteiger partial charge in [-0.05, 0) is 42.3 Å². The fourth-order valence-electron chi connectivity index (χ4n) is 3.13. The summed E-state index contributed by atoms with van der Waals surface area (Å²) in [5.41, 5.74) is 2.59. The maximum atomic E-state index is 12.9. The predicted molar refractivity (Wildman–Crippen MR) is 122 cm³/mol. The number of carbonyl (C=O) groups is 1. The van der Waals surface area contributed by atoms with Crippen LogP contribution >= 0.6 is 0 Å². The summed E-state index contributed by atoms with van der Waals surface area (Å²) in [4.78, 5) is 12.9. The number of benzene rings is 3. The van der Waals surface area contributed by atoms with Crippen LogP contribution in [0.2, 0.25) is 0 Å². The third kappa shape index (κ3) is 5.45. The van der Waals surface area contributed by atoms with Gasteiger partial charge in [-0.15, -0.1) is 0 Å². The molecule has 0 saturated carbocycles. The van der Waals surface area contributed by atoms with Gasteiger partial charge < -0.3 is 18.9 Å². The van der Waals surface area contributed by atoms with Crippen LogP contribution in [0.15, 0.2) is 66.7 Å². The van der Waals surface area contributed by atoms with Crippen molar-refractivity contribution in [1.29, 1.82) is 0 Å². The molecule has 0 aliphatic carbocycles. The summed E-state index contributed by atoms with van der Waals surface area (Å²) in [5.74, 6) is 1.71. The van der Waals surface area contributed by atoms with Gasteiger partial charge >= 0.3 is 0 Å². The predicted octanol–water partition coefficient (Wildman–Crippen LogP) is 5.53. The van der Waals surface area contributed by atoms with Crippen LogP contribution in [0.1, 0.15) is 28.4 Å². The Labute approximate surface area is 182 Å². The van der Waals surface area contributed by atoms with E-state index in [-0.39, 0.29) is 5.78 Å². The Balaban J connectivity index is 1.70. The molecule has 5 heteroatoms. The number of hydrogen-bond acceptors (Lipinski definition) is 5. The summed E-state index contributed by atoms with van der Waals surface area (Å²) in [6, 6.07) is 20.9. The van der Waals surface area contributed by atoms with Crippen molar-refractivity contribution in [1.82, 2.24) is 0 Å². The van der Waals surface area contributed by atoms with E-state index in [1.807, 2.05) is 66.7 Å². The molecule has 0 spiro atoms. The summed E-state index contributed by atoms with van der Waals surface area (Å²) < 4.78 is 21.8. The van der Waals surface area contributed by atoms with Crippen LogP contribution in [0.4, 0.5) is 0 Å². The summed E-state index contributed by atoms with van der Waals surface area (Å²) >= 11 is 0. The fraction of sp³-hybridized carbons (Fsp3) is 0.192. The van der Waals surface area contributed by atoms with Crippen LogP contribution in [0.3, 0.4) is 0 Å². The molecule has 0 fully saturated rings. The second-order valence-electron chi connectivity index (χ2n) is 6.85. The number of Topliss-reactive ketones (excluding diaryl/α,β-unsaturated/α-hetero) is 1. The van der Waals surface area contributed by atoms with E-state index in [1.54, 1.807) is 19.1 Å². The van der Waals surface area contributed by atoms with Gasteiger partial charge in [-0.3, -0.25) is 4.79 Å². The van der Waals surface area contributed by atoms with Gasteiger partial charge in [-0.25, -0.2) is 0 Å². The van der Waals surface area contributed by atoms with Crippen molar-refractivity contribution in [2.75, 3.05) is 21.3 Å². The zero-order chi connectivity index (χ0) is 22.2. The topological polar surface area (TPSA) is 54.0 Å². The summed E-state index contributed by atoms with van der Waals surface area (Å²) in [5, 5.41) is 0. The molecule has 3 rings (SSSR count). The Kier molecular flexibility index (Phi) is 7.33. The molecule has 0 radical (unpaired) electrons. The number of methoxy groups -OCH3 is 3. The molecular formula is C26H26O5. The second-order valence-corrected chi connectivity index (χ2v) is 6.85. The first kappa shape index (κ1) is 22.0. The van der Waals surface area contributed by atoms with E-state index >= 15 is 0 Å². The highest BCUT2D eigenvalue weighted by molar-refractivity contribution is 6.00. The molecule has 3 aromatic carbocycles. The molecular weight excluding hydrogens is 392 g/mol. The molecule has 0 aromatic heterocycles. The molecule has 0 unspecified atom stereocenters. The standard InChI is InChI=1S/C26H26O5/c1-18(25(27)21-16-23(28-2)26(30-4)24(17-21)29-3)31-22-14-12-20(13-15-22)11-10-19-8-6-5-7-9-19/h5-18H,1-4H3/b11-10+/t18-/m0/s1. The van der Waals surface area contributed by atoms with E-state index in [0.717, 1.165) is 11.1 Å². The second kappa shape index (κ2) is 10.3. The molecule has 3 aromatic rings. The molecule has 0 aliphatic heterocycles. The first-order valence-corrected chi connectivity index (χ1v) is 9.89. The van der Waals surface area contributed by atoms with Gasteiger partial charge in [0.05, 0.1) is 21.3 Å². The van der Waals surface area contributed by atoms with Crippen LogP contribution in [0.25, 0.3) is 12.2 Å². The molecule has 5 nitrogen and oxygen atoms in total. The summed E-state index contributed by atoms with van der Waals surface area (Å²) in [6.07, 6.45) is 3.39. The molecule has 0 N–H and O–H groups in total. The van der Waals surface area contributed by atoms with E-state index in [2.05, 4.69) is 0 Å². The normalized spacial score (nSPS) is 11.7. The fourth-order valence-corrected chi connectivity index (χ4v) is 3.13. The molecule has 0 aliphatic rings. The average Bonchev–Trinajstić information content (AvgIpc) is 2.82. The van der Waals surface area contributed by atoms with Gasteiger partial charge in [0.25, 0.3) is 0 Å². The highest BCUT2D eigenvalue weighted by atomic mass is 16.5. The third-order valence-corrected chi connectivity index (χ3v) is 4.78. The van der Waals surface area contributed by atoms with Gasteiger partial charge in [0.1, 0.15) is 5.75 Å². The van der Waals surface area contributed by atoms with Crippen LogP contribution in [-0.2, 0) is 0 Å². The molecule has 31 heavy (non-hydrogen) atoms. The lowest BCUT2D eigenvalue weighted by atomic mass is 10.1. The van der Waals surface area contributed by atoms with Crippen LogP contribution in [-0.4, -0.2) is 33.2 Å². The number of carbonyl (C=O) groups excluding carboxylic acids is 1. The maximum absolute atomic E-state index is 12.9. The van der Waals surface area contributed by atoms with Gasteiger partial charge in [0.15, 0.2) is 17.6 Å².